The molecular formula is C14H13N3O. The first-order chi connectivity index (χ1) is 8.66. The number of nitrogens with one attached hydrogen (secondary N) is 2. The molecular weight excluding hydrogens is 226 g/mol. The summed E-state index contributed by atoms with van der Waals surface area (Å²) >= 11 is 0. The van der Waals surface area contributed by atoms with Crippen LogP contribution in [0.25, 0.3) is 0 Å². The summed E-state index contributed by atoms with van der Waals surface area (Å²) < 4.78 is 0. The topological polar surface area (TPSA) is 79.0 Å². The number of carbonyl (C=O) groups excluding carboxylic acids is 1. The fourth-order valence-electron chi connectivity index (χ4n) is 1.53. The van der Waals surface area contributed by atoms with Gasteiger partial charge in [-0.05, 0) is 24.3 Å². The molecule has 0 aliphatic rings. The Labute approximate surface area is 105 Å². The Morgan fingerprint density at radius 2 is 1.50 bits per heavy atom. The SMILES string of the molecule is N=C(N)c1ccc(C(=O)Nc2ccccc2)cc1. The molecule has 2 rings (SSSR count). The van der Waals surface area contributed by atoms with Gasteiger partial charge in [0.15, 0.2) is 0 Å². The van der Waals surface area contributed by atoms with Crippen LogP contribution in [0.2, 0.25) is 0 Å². The number of rotatable bonds is 3. The number of hydrogen-bond acceptors (Lipinski definition) is 2. The molecule has 4 nitrogen and oxygen atoms in total. The molecule has 0 fully saturated rings. The lowest BCUT2D eigenvalue weighted by Gasteiger charge is -2.05. The number of nitrogen functional groups attached to an aromatic ring is 1. The van der Waals surface area contributed by atoms with Crippen molar-refractivity contribution in [1.82, 2.24) is 0 Å². The van der Waals surface area contributed by atoms with Crippen LogP contribution < -0.4 is 11.1 Å². The van der Waals surface area contributed by atoms with E-state index in [0.29, 0.717) is 11.1 Å². The maximum atomic E-state index is 11.9. The van der Waals surface area contributed by atoms with Crippen molar-refractivity contribution in [3.63, 3.8) is 0 Å². The predicted molar refractivity (Wildman–Crippen MR) is 71.9 cm³/mol. The van der Waals surface area contributed by atoms with Gasteiger partial charge in [-0.3, -0.25) is 10.2 Å². The normalized spacial score (nSPS) is 9.78. The molecule has 0 aliphatic carbocycles. The Morgan fingerprint density at radius 1 is 0.944 bits per heavy atom. The van der Waals surface area contributed by atoms with E-state index in [2.05, 4.69) is 5.32 Å². The second kappa shape index (κ2) is 5.14. The van der Waals surface area contributed by atoms with Gasteiger partial charge < -0.3 is 11.1 Å². The lowest BCUT2D eigenvalue weighted by molar-refractivity contribution is 0.102. The van der Waals surface area contributed by atoms with Gasteiger partial charge in [-0.2, -0.15) is 0 Å². The Morgan fingerprint density at radius 3 is 2.06 bits per heavy atom. The van der Waals surface area contributed by atoms with Crippen molar-refractivity contribution >= 4 is 17.4 Å². The van der Waals surface area contributed by atoms with Crippen LogP contribution >= 0.6 is 0 Å². The lowest BCUT2D eigenvalue weighted by Crippen LogP contribution is -2.14. The Kier molecular flexibility index (Phi) is 3.38. The van der Waals surface area contributed by atoms with Crippen molar-refractivity contribution in [2.24, 2.45) is 5.73 Å². The van der Waals surface area contributed by atoms with Crippen LogP contribution in [-0.2, 0) is 0 Å². The number of nitrogens with two attached hydrogens (primary N) is 1. The number of carbonyl (C=O) groups is 1. The van der Waals surface area contributed by atoms with Crippen LogP contribution in [0.3, 0.4) is 0 Å². The second-order valence-corrected chi connectivity index (χ2v) is 3.81. The van der Waals surface area contributed by atoms with Crippen molar-refractivity contribution in [1.29, 1.82) is 5.41 Å². The minimum absolute atomic E-state index is 0.00924. The van der Waals surface area contributed by atoms with Crippen LogP contribution in [0.4, 0.5) is 5.69 Å². The third-order valence-corrected chi connectivity index (χ3v) is 2.49. The van der Waals surface area contributed by atoms with Gasteiger partial charge in [-0.1, -0.05) is 30.3 Å². The van der Waals surface area contributed by atoms with Gasteiger partial charge in [-0.25, -0.2) is 0 Å². The number of amidine groups is 1. The largest absolute Gasteiger partial charge is 0.384 e. The molecule has 0 saturated carbocycles. The van der Waals surface area contributed by atoms with Crippen molar-refractivity contribution in [2.75, 3.05) is 5.32 Å². The summed E-state index contributed by atoms with van der Waals surface area (Å²) in [6.07, 6.45) is 0. The van der Waals surface area contributed by atoms with Gasteiger partial charge in [0.25, 0.3) is 5.91 Å². The molecule has 0 atom stereocenters. The second-order valence-electron chi connectivity index (χ2n) is 3.81. The van der Waals surface area contributed by atoms with Gasteiger partial charge in [0.05, 0.1) is 0 Å². The summed E-state index contributed by atoms with van der Waals surface area (Å²) in [4.78, 5) is 11.9. The Bertz CT molecular complexity index is 561. The standard InChI is InChI=1S/C14H13N3O/c15-13(16)10-6-8-11(9-7-10)14(18)17-12-4-2-1-3-5-12/h1-9H,(H3,15,16)(H,17,18). The van der Waals surface area contributed by atoms with Crippen molar-refractivity contribution in [3.05, 3.63) is 65.7 Å². The van der Waals surface area contributed by atoms with Gasteiger partial charge in [0.1, 0.15) is 5.84 Å². The highest BCUT2D eigenvalue weighted by Gasteiger charge is 2.06. The van der Waals surface area contributed by atoms with E-state index in [4.69, 9.17) is 11.1 Å². The van der Waals surface area contributed by atoms with E-state index in [-0.39, 0.29) is 11.7 Å². The highest BCUT2D eigenvalue weighted by molar-refractivity contribution is 6.05. The molecule has 0 aliphatic heterocycles. The zero-order chi connectivity index (χ0) is 13.0. The zero-order valence-electron chi connectivity index (χ0n) is 9.68. The molecule has 0 unspecified atom stereocenters. The number of hydrogen-bond donors (Lipinski definition) is 3. The van der Waals surface area contributed by atoms with E-state index in [9.17, 15) is 4.79 Å². The molecule has 0 aromatic heterocycles. The first-order valence-corrected chi connectivity index (χ1v) is 5.47. The van der Waals surface area contributed by atoms with E-state index in [1.807, 2.05) is 30.3 Å². The maximum Gasteiger partial charge on any atom is 0.255 e. The van der Waals surface area contributed by atoms with Crippen molar-refractivity contribution in [2.45, 2.75) is 0 Å². The molecule has 0 radical (unpaired) electrons. The maximum absolute atomic E-state index is 11.9. The third kappa shape index (κ3) is 2.74. The third-order valence-electron chi connectivity index (χ3n) is 2.49. The number of anilines is 1. The van der Waals surface area contributed by atoms with Gasteiger partial charge >= 0.3 is 0 Å². The fraction of sp³-hybridized carbons (Fsp3) is 0. The van der Waals surface area contributed by atoms with Crippen LogP contribution in [0.1, 0.15) is 15.9 Å². The minimum atomic E-state index is -0.184. The molecule has 0 spiro atoms. The van der Waals surface area contributed by atoms with Crippen LogP contribution in [-0.4, -0.2) is 11.7 Å². The molecule has 0 bridgehead atoms. The van der Waals surface area contributed by atoms with E-state index in [0.717, 1.165) is 5.69 Å². The van der Waals surface area contributed by atoms with E-state index >= 15 is 0 Å². The van der Waals surface area contributed by atoms with Crippen molar-refractivity contribution in [3.8, 4) is 0 Å². The van der Waals surface area contributed by atoms with Gasteiger partial charge in [0.2, 0.25) is 0 Å². The fourth-order valence-corrected chi connectivity index (χ4v) is 1.53. The average molecular weight is 239 g/mol. The highest BCUT2D eigenvalue weighted by atomic mass is 16.1. The summed E-state index contributed by atoms with van der Waals surface area (Å²) in [5.74, 6) is -0.193. The molecule has 1 amide bonds. The number of para-hydroxylation sites is 1. The number of benzene rings is 2. The van der Waals surface area contributed by atoms with E-state index < -0.39 is 0 Å². The summed E-state index contributed by atoms with van der Waals surface area (Å²) in [6, 6.07) is 15.8. The molecule has 90 valence electrons. The smallest absolute Gasteiger partial charge is 0.255 e. The van der Waals surface area contributed by atoms with Crippen LogP contribution in [0.5, 0.6) is 0 Å². The first-order valence-electron chi connectivity index (χ1n) is 5.47. The lowest BCUT2D eigenvalue weighted by atomic mass is 10.1. The Balaban J connectivity index is 2.12. The number of amides is 1. The summed E-state index contributed by atoms with van der Waals surface area (Å²) in [7, 11) is 0. The monoisotopic (exact) mass is 239 g/mol. The minimum Gasteiger partial charge on any atom is -0.384 e. The Hall–Kier alpha value is -2.62. The average Bonchev–Trinajstić information content (AvgIpc) is 2.40. The summed E-state index contributed by atoms with van der Waals surface area (Å²) in [6.45, 7) is 0. The van der Waals surface area contributed by atoms with Crippen molar-refractivity contribution < 1.29 is 4.79 Å². The quantitative estimate of drug-likeness (QED) is 0.567. The molecule has 0 saturated heterocycles. The van der Waals surface area contributed by atoms with Gasteiger partial charge in [-0.15, -0.1) is 0 Å². The van der Waals surface area contributed by atoms with Crippen LogP contribution in [0.15, 0.2) is 54.6 Å². The zero-order valence-corrected chi connectivity index (χ0v) is 9.68. The van der Waals surface area contributed by atoms with E-state index in [1.165, 1.54) is 0 Å². The van der Waals surface area contributed by atoms with Crippen LogP contribution in [0, 0.1) is 5.41 Å². The molecule has 18 heavy (non-hydrogen) atoms. The summed E-state index contributed by atoms with van der Waals surface area (Å²) in [5.41, 5.74) is 7.23. The van der Waals surface area contributed by atoms with Gasteiger partial charge in [0, 0.05) is 16.8 Å². The molecule has 4 heteroatoms. The van der Waals surface area contributed by atoms with E-state index in [1.54, 1.807) is 24.3 Å². The molecule has 2 aromatic rings. The molecule has 4 N–H and O–H groups in total. The highest BCUT2D eigenvalue weighted by Crippen LogP contribution is 2.09. The molecule has 2 aromatic carbocycles. The predicted octanol–water partition coefficient (Wildman–Crippen LogP) is 2.22. The summed E-state index contributed by atoms with van der Waals surface area (Å²) in [5, 5.41) is 10.1. The molecule has 0 heterocycles. The first kappa shape index (κ1) is 11.9.